The van der Waals surface area contributed by atoms with Crippen LogP contribution in [0.3, 0.4) is 0 Å². The maximum absolute atomic E-state index is 12.4. The minimum Gasteiger partial charge on any atom is -0.357 e. The Morgan fingerprint density at radius 2 is 2.04 bits per heavy atom. The van der Waals surface area contributed by atoms with Gasteiger partial charge in [-0.3, -0.25) is 9.48 Å². The van der Waals surface area contributed by atoms with Crippen LogP contribution in [0.1, 0.15) is 26.2 Å². The van der Waals surface area contributed by atoms with Crippen LogP contribution in [0.5, 0.6) is 0 Å². The predicted molar refractivity (Wildman–Crippen MR) is 88.5 cm³/mol. The predicted octanol–water partition coefficient (Wildman–Crippen LogP) is 0.152. The van der Waals surface area contributed by atoms with Crippen molar-refractivity contribution in [2.75, 3.05) is 31.2 Å². The van der Waals surface area contributed by atoms with Crippen molar-refractivity contribution >= 4 is 21.7 Å². The summed E-state index contributed by atoms with van der Waals surface area (Å²) >= 11 is 0. The SMILES string of the molecule is CCCS(=O)(=O)N1CCC(Nc2ccn(C)n2)(C(=O)NC)CC1. The van der Waals surface area contributed by atoms with Crippen molar-refractivity contribution in [3.63, 3.8) is 0 Å². The number of hydrogen-bond donors (Lipinski definition) is 2. The molecule has 1 fully saturated rings. The van der Waals surface area contributed by atoms with E-state index in [1.54, 1.807) is 31.0 Å². The molecule has 0 aliphatic carbocycles. The Hall–Kier alpha value is -1.61. The number of nitrogens with zero attached hydrogens (tertiary/aromatic N) is 3. The third kappa shape index (κ3) is 3.84. The van der Waals surface area contributed by atoms with Gasteiger partial charge in [0, 0.05) is 39.4 Å². The summed E-state index contributed by atoms with van der Waals surface area (Å²) in [6, 6.07) is 1.80. The van der Waals surface area contributed by atoms with Gasteiger partial charge >= 0.3 is 0 Å². The molecule has 0 bridgehead atoms. The van der Waals surface area contributed by atoms with Crippen LogP contribution in [-0.2, 0) is 21.9 Å². The molecule has 2 heterocycles. The van der Waals surface area contributed by atoms with Crippen LogP contribution in [0.4, 0.5) is 5.82 Å². The second kappa shape index (κ2) is 6.88. The third-order valence-corrected chi connectivity index (χ3v) is 6.25. The van der Waals surface area contributed by atoms with E-state index in [0.29, 0.717) is 38.2 Å². The van der Waals surface area contributed by atoms with Gasteiger partial charge in [0.05, 0.1) is 5.75 Å². The minimum atomic E-state index is -3.23. The maximum Gasteiger partial charge on any atom is 0.245 e. The summed E-state index contributed by atoms with van der Waals surface area (Å²) < 4.78 is 27.5. The molecule has 0 spiro atoms. The molecule has 0 aromatic carbocycles. The van der Waals surface area contributed by atoms with Crippen molar-refractivity contribution in [1.82, 2.24) is 19.4 Å². The fourth-order valence-corrected chi connectivity index (χ4v) is 4.42. The van der Waals surface area contributed by atoms with Crippen LogP contribution in [0.25, 0.3) is 0 Å². The topological polar surface area (TPSA) is 96.3 Å². The molecular weight excluding hydrogens is 318 g/mol. The fraction of sp³-hybridized carbons (Fsp3) is 0.714. The van der Waals surface area contributed by atoms with E-state index in [4.69, 9.17) is 0 Å². The number of carbonyl (C=O) groups is 1. The van der Waals surface area contributed by atoms with E-state index in [1.165, 1.54) is 4.31 Å². The van der Waals surface area contributed by atoms with Crippen LogP contribution < -0.4 is 10.6 Å². The number of anilines is 1. The number of nitrogens with one attached hydrogen (secondary N) is 2. The molecule has 0 radical (unpaired) electrons. The smallest absolute Gasteiger partial charge is 0.245 e. The van der Waals surface area contributed by atoms with Crippen molar-refractivity contribution in [3.8, 4) is 0 Å². The number of sulfonamides is 1. The zero-order chi connectivity index (χ0) is 17.1. The van der Waals surface area contributed by atoms with Crippen LogP contribution >= 0.6 is 0 Å². The summed E-state index contributed by atoms with van der Waals surface area (Å²) in [5, 5.41) is 10.1. The Bertz CT molecular complexity index is 647. The van der Waals surface area contributed by atoms with Gasteiger partial charge in [-0.2, -0.15) is 5.10 Å². The van der Waals surface area contributed by atoms with E-state index in [9.17, 15) is 13.2 Å². The average molecular weight is 343 g/mol. The highest BCUT2D eigenvalue weighted by Crippen LogP contribution is 2.28. The molecule has 8 nitrogen and oxygen atoms in total. The van der Waals surface area contributed by atoms with E-state index >= 15 is 0 Å². The Kier molecular flexibility index (Phi) is 5.30. The first kappa shape index (κ1) is 17.7. The van der Waals surface area contributed by atoms with E-state index in [1.807, 2.05) is 6.92 Å². The molecule has 1 saturated heterocycles. The summed E-state index contributed by atoms with van der Waals surface area (Å²) in [5.74, 6) is 0.616. The average Bonchev–Trinajstić information content (AvgIpc) is 2.91. The molecular formula is C14H25N5O3S. The molecule has 0 atom stereocenters. The molecule has 1 aromatic rings. The lowest BCUT2D eigenvalue weighted by molar-refractivity contribution is -0.126. The van der Waals surface area contributed by atoms with Gasteiger partial charge in [0.1, 0.15) is 11.4 Å². The number of hydrogen-bond acceptors (Lipinski definition) is 5. The van der Waals surface area contributed by atoms with E-state index in [-0.39, 0.29) is 11.7 Å². The van der Waals surface area contributed by atoms with Crippen molar-refractivity contribution < 1.29 is 13.2 Å². The number of amides is 1. The molecule has 1 aliphatic heterocycles. The van der Waals surface area contributed by atoms with Gasteiger partial charge in [-0.1, -0.05) is 6.92 Å². The van der Waals surface area contributed by atoms with Gasteiger partial charge in [0.2, 0.25) is 15.9 Å². The van der Waals surface area contributed by atoms with Crippen LogP contribution in [0.2, 0.25) is 0 Å². The zero-order valence-electron chi connectivity index (χ0n) is 13.9. The number of likely N-dealkylation sites (N-methyl/N-ethyl adjacent to an activating group) is 1. The lowest BCUT2D eigenvalue weighted by Gasteiger charge is -2.40. The molecule has 1 aromatic heterocycles. The molecule has 2 N–H and O–H groups in total. The standard InChI is InChI=1S/C14H25N5O3S/c1-4-11-23(21,22)19-9-6-14(7-10-19,13(20)15-2)16-12-5-8-18(3)17-12/h5,8H,4,6-7,9-11H2,1-3H3,(H,15,20)(H,16,17). The van der Waals surface area contributed by atoms with Crippen LogP contribution in [0, 0.1) is 0 Å². The number of aromatic nitrogens is 2. The second-order valence-electron chi connectivity index (χ2n) is 5.88. The van der Waals surface area contributed by atoms with Crippen molar-refractivity contribution in [1.29, 1.82) is 0 Å². The second-order valence-corrected chi connectivity index (χ2v) is 7.96. The quantitative estimate of drug-likeness (QED) is 0.767. The van der Waals surface area contributed by atoms with Crippen molar-refractivity contribution in [2.24, 2.45) is 7.05 Å². The Morgan fingerprint density at radius 1 is 1.39 bits per heavy atom. The molecule has 9 heteroatoms. The molecule has 1 aliphatic rings. The van der Waals surface area contributed by atoms with Crippen LogP contribution in [-0.4, -0.2) is 59.8 Å². The molecule has 23 heavy (non-hydrogen) atoms. The Labute approximate surface area is 137 Å². The Balaban J connectivity index is 2.15. The third-order valence-electron chi connectivity index (χ3n) is 4.17. The largest absolute Gasteiger partial charge is 0.357 e. The van der Waals surface area contributed by atoms with Gasteiger partial charge in [-0.15, -0.1) is 0 Å². The summed E-state index contributed by atoms with van der Waals surface area (Å²) in [5.41, 5.74) is -0.832. The van der Waals surface area contributed by atoms with E-state index in [0.717, 1.165) is 0 Å². The van der Waals surface area contributed by atoms with Crippen molar-refractivity contribution in [3.05, 3.63) is 12.3 Å². The minimum absolute atomic E-state index is 0.143. The lowest BCUT2D eigenvalue weighted by atomic mass is 9.87. The highest BCUT2D eigenvalue weighted by atomic mass is 32.2. The monoisotopic (exact) mass is 343 g/mol. The van der Waals surface area contributed by atoms with E-state index in [2.05, 4.69) is 15.7 Å². The number of piperidine rings is 1. The highest BCUT2D eigenvalue weighted by Gasteiger charge is 2.43. The molecule has 2 rings (SSSR count). The van der Waals surface area contributed by atoms with Gasteiger partial charge in [0.15, 0.2) is 0 Å². The Morgan fingerprint density at radius 3 is 2.52 bits per heavy atom. The zero-order valence-corrected chi connectivity index (χ0v) is 14.7. The molecule has 0 unspecified atom stereocenters. The molecule has 1 amide bonds. The summed E-state index contributed by atoms with van der Waals surface area (Å²) in [6.07, 6.45) is 3.20. The highest BCUT2D eigenvalue weighted by molar-refractivity contribution is 7.89. The molecule has 0 saturated carbocycles. The summed E-state index contributed by atoms with van der Waals surface area (Å²) in [4.78, 5) is 12.4. The van der Waals surface area contributed by atoms with Crippen molar-refractivity contribution in [2.45, 2.75) is 31.7 Å². The van der Waals surface area contributed by atoms with Gasteiger partial charge in [-0.05, 0) is 19.3 Å². The van der Waals surface area contributed by atoms with E-state index < -0.39 is 15.6 Å². The summed E-state index contributed by atoms with van der Waals surface area (Å²) in [7, 11) is 0.160. The first-order valence-corrected chi connectivity index (χ1v) is 9.42. The first-order chi connectivity index (χ1) is 10.8. The fourth-order valence-electron chi connectivity index (χ4n) is 2.91. The maximum atomic E-state index is 12.4. The van der Waals surface area contributed by atoms with Gasteiger partial charge < -0.3 is 10.6 Å². The van der Waals surface area contributed by atoms with Crippen LogP contribution in [0.15, 0.2) is 12.3 Å². The van der Waals surface area contributed by atoms with Gasteiger partial charge in [0.25, 0.3) is 0 Å². The number of carbonyl (C=O) groups excluding carboxylic acids is 1. The summed E-state index contributed by atoms with van der Waals surface area (Å²) in [6.45, 7) is 2.50. The first-order valence-electron chi connectivity index (χ1n) is 7.81. The molecule has 130 valence electrons. The normalized spacial score (nSPS) is 18.6. The lowest BCUT2D eigenvalue weighted by Crippen LogP contribution is -2.58. The number of aryl methyl sites for hydroxylation is 1. The van der Waals surface area contributed by atoms with Gasteiger partial charge in [-0.25, -0.2) is 12.7 Å². The number of rotatable bonds is 6.